The van der Waals surface area contributed by atoms with Gasteiger partial charge in [-0.2, -0.15) is 13.2 Å². The van der Waals surface area contributed by atoms with E-state index in [1.165, 1.54) is 17.4 Å². The van der Waals surface area contributed by atoms with Gasteiger partial charge in [-0.1, -0.05) is 24.3 Å². The summed E-state index contributed by atoms with van der Waals surface area (Å²) in [6, 6.07) is 19.9. The lowest BCUT2D eigenvalue weighted by atomic mass is 9.91. The van der Waals surface area contributed by atoms with Crippen LogP contribution in [-0.2, 0) is 17.8 Å². The molecule has 0 aliphatic rings. The van der Waals surface area contributed by atoms with E-state index in [-0.39, 0.29) is 23.2 Å². The molecule has 0 aliphatic carbocycles. The van der Waals surface area contributed by atoms with Gasteiger partial charge in [-0.05, 0) is 82.8 Å². The second kappa shape index (κ2) is 12.1. The van der Waals surface area contributed by atoms with Crippen LogP contribution in [0, 0.1) is 17.0 Å². The van der Waals surface area contributed by atoms with Crippen molar-refractivity contribution in [3.05, 3.63) is 113 Å². The van der Waals surface area contributed by atoms with Crippen LogP contribution in [0.4, 0.5) is 27.6 Å². The van der Waals surface area contributed by atoms with E-state index < -0.39 is 29.6 Å². The fourth-order valence-electron chi connectivity index (χ4n) is 4.10. The molecule has 4 aromatic carbocycles. The van der Waals surface area contributed by atoms with Gasteiger partial charge in [0.05, 0.1) is 7.11 Å². The lowest BCUT2D eigenvalue weighted by Crippen LogP contribution is -2.40. The smallest absolute Gasteiger partial charge is 0.471 e. The molecule has 0 atom stereocenters. The Hall–Kier alpha value is -4.93. The summed E-state index contributed by atoms with van der Waals surface area (Å²) in [4.78, 5) is 11.4. The highest BCUT2D eigenvalue weighted by Gasteiger charge is 2.39. The van der Waals surface area contributed by atoms with Crippen LogP contribution < -0.4 is 20.5 Å². The topological polar surface area (TPSA) is 97.4 Å². The predicted molar refractivity (Wildman–Crippen MR) is 144 cm³/mol. The highest BCUT2D eigenvalue weighted by atomic mass is 19.4. The second-order valence-electron chi connectivity index (χ2n) is 9.04. The average Bonchev–Trinajstić information content (AvgIpc) is 2.92. The summed E-state index contributed by atoms with van der Waals surface area (Å²) >= 11 is 0. The molecule has 41 heavy (non-hydrogen) atoms. The number of halogens is 5. The summed E-state index contributed by atoms with van der Waals surface area (Å²) in [5, 5.41) is 9.50. The minimum absolute atomic E-state index is 0.0481. The van der Waals surface area contributed by atoms with Crippen molar-refractivity contribution in [3.8, 4) is 22.6 Å². The number of nitrogens with one attached hydrogen (secondary N) is 2. The summed E-state index contributed by atoms with van der Waals surface area (Å²) in [6.07, 6.45) is -5.26. The van der Waals surface area contributed by atoms with Crippen LogP contribution in [0.3, 0.4) is 0 Å². The summed E-state index contributed by atoms with van der Waals surface area (Å²) < 4.78 is 77.0. The van der Waals surface area contributed by atoms with Crippen LogP contribution in [0.1, 0.15) is 22.3 Å². The molecular weight excluding hydrogens is 545 g/mol. The first-order valence-corrected chi connectivity index (χ1v) is 12.1. The average molecular weight is 570 g/mol. The predicted octanol–water partition coefficient (Wildman–Crippen LogP) is 6.40. The Balaban J connectivity index is 1.64. The first-order valence-electron chi connectivity index (χ1n) is 12.1. The Morgan fingerprint density at radius 1 is 0.878 bits per heavy atom. The van der Waals surface area contributed by atoms with Crippen molar-refractivity contribution in [2.45, 2.75) is 19.2 Å². The molecule has 6 nitrogen and oxygen atoms in total. The first-order chi connectivity index (χ1) is 19.4. The molecule has 0 bridgehead atoms. The van der Waals surface area contributed by atoms with Gasteiger partial charge in [0, 0.05) is 17.3 Å². The Kier molecular flexibility index (Phi) is 8.56. The van der Waals surface area contributed by atoms with Gasteiger partial charge >= 0.3 is 12.1 Å². The molecule has 4 N–H and O–H groups in total. The Morgan fingerprint density at radius 2 is 1.49 bits per heavy atom. The van der Waals surface area contributed by atoms with Crippen molar-refractivity contribution in [1.29, 1.82) is 5.41 Å². The number of nitrogen functional groups attached to an aromatic ring is 1. The zero-order valence-corrected chi connectivity index (χ0v) is 21.6. The van der Waals surface area contributed by atoms with Crippen molar-refractivity contribution in [2.75, 3.05) is 12.8 Å². The summed E-state index contributed by atoms with van der Waals surface area (Å²) in [5.41, 5.74) is 8.52. The van der Waals surface area contributed by atoms with Crippen molar-refractivity contribution in [1.82, 2.24) is 5.32 Å². The van der Waals surface area contributed by atoms with Crippen LogP contribution in [0.5, 0.6) is 11.5 Å². The van der Waals surface area contributed by atoms with Gasteiger partial charge in [-0.3, -0.25) is 10.2 Å². The number of methoxy groups -OCH3 is 1. The number of benzene rings is 4. The van der Waals surface area contributed by atoms with Gasteiger partial charge in [0.25, 0.3) is 0 Å². The monoisotopic (exact) mass is 569 g/mol. The van der Waals surface area contributed by atoms with E-state index >= 15 is 0 Å². The maximum absolute atomic E-state index is 13.9. The van der Waals surface area contributed by atoms with E-state index in [1.54, 1.807) is 31.4 Å². The summed E-state index contributed by atoms with van der Waals surface area (Å²) in [6.45, 7) is 0.299. The van der Waals surface area contributed by atoms with Gasteiger partial charge in [-0.25, -0.2) is 8.78 Å². The lowest BCUT2D eigenvalue weighted by molar-refractivity contribution is -0.171. The third kappa shape index (κ3) is 7.38. The zero-order valence-electron chi connectivity index (χ0n) is 21.6. The quantitative estimate of drug-likeness (QED) is 0.0991. The van der Waals surface area contributed by atoms with E-state index in [0.29, 0.717) is 35.1 Å². The molecule has 4 rings (SSSR count). The molecular formula is C30H24F5N3O3. The van der Waals surface area contributed by atoms with Crippen LogP contribution in [0.2, 0.25) is 0 Å². The van der Waals surface area contributed by atoms with Crippen molar-refractivity contribution >= 4 is 17.4 Å². The molecule has 1 amide bonds. The Bertz CT molecular complexity index is 1550. The maximum Gasteiger partial charge on any atom is 0.471 e. The van der Waals surface area contributed by atoms with E-state index in [1.807, 2.05) is 24.3 Å². The number of alkyl halides is 3. The zero-order chi connectivity index (χ0) is 29.7. The number of hydrogen-bond donors (Lipinski definition) is 3. The molecule has 0 aromatic heterocycles. The fraction of sp³-hybridized carbons (Fsp3) is 0.133. The number of amides is 1. The number of hydrogen-bond acceptors (Lipinski definition) is 5. The minimum atomic E-state index is -5.21. The number of ether oxygens (including phenoxy) is 2. The van der Waals surface area contributed by atoms with Crippen LogP contribution in [0.25, 0.3) is 11.1 Å². The number of carbonyl (C=O) groups excluding carboxylic acids is 1. The highest BCUT2D eigenvalue weighted by Crippen LogP contribution is 2.32. The largest absolute Gasteiger partial charge is 0.497 e. The molecule has 0 saturated carbocycles. The molecule has 212 valence electrons. The Labute approximate surface area is 232 Å². The third-order valence-electron chi connectivity index (χ3n) is 6.09. The second-order valence-corrected chi connectivity index (χ2v) is 9.04. The standard InChI is InChI=1S/C30H24F5N3O3/c1-40-23-6-2-17(3-7-23)16-41-24-8-4-19(5-9-24)25-15-27(36)26(28(37)38-29(39)30(33,34)35)13-20(25)10-18-11-21(31)14-22(32)12-18/h2-9,11-15H,10,16,36H2,1H3,(H2,37,38,39). The summed E-state index contributed by atoms with van der Waals surface area (Å²) in [7, 11) is 1.58. The number of amidine groups is 1. The number of carbonyl (C=O) groups is 1. The number of nitrogens with two attached hydrogens (primary N) is 1. The lowest BCUT2D eigenvalue weighted by Gasteiger charge is -2.17. The Morgan fingerprint density at radius 3 is 2.07 bits per heavy atom. The van der Waals surface area contributed by atoms with Crippen molar-refractivity contribution in [3.63, 3.8) is 0 Å². The fourth-order valence-corrected chi connectivity index (χ4v) is 4.10. The third-order valence-corrected chi connectivity index (χ3v) is 6.09. The molecule has 0 radical (unpaired) electrons. The first kappa shape index (κ1) is 29.1. The van der Waals surface area contributed by atoms with Gasteiger partial charge in [0.1, 0.15) is 35.6 Å². The molecule has 0 fully saturated rings. The van der Waals surface area contributed by atoms with E-state index in [4.69, 9.17) is 20.6 Å². The summed E-state index contributed by atoms with van der Waals surface area (Å²) in [5.74, 6) is -3.53. The SMILES string of the molecule is COc1ccc(COc2ccc(-c3cc(N)c(C(=N)NC(=O)C(F)(F)F)cc3Cc3cc(F)cc(F)c3)cc2)cc1. The van der Waals surface area contributed by atoms with Gasteiger partial charge in [0.2, 0.25) is 0 Å². The van der Waals surface area contributed by atoms with Gasteiger partial charge < -0.3 is 20.5 Å². The molecule has 0 aliphatic heterocycles. The van der Waals surface area contributed by atoms with Gasteiger partial charge in [0.15, 0.2) is 0 Å². The van der Waals surface area contributed by atoms with Crippen molar-refractivity contribution < 1.29 is 36.2 Å². The minimum Gasteiger partial charge on any atom is -0.497 e. The molecule has 11 heteroatoms. The number of anilines is 1. The number of rotatable bonds is 8. The molecule has 4 aromatic rings. The van der Waals surface area contributed by atoms with Crippen LogP contribution in [0.15, 0.2) is 78.9 Å². The highest BCUT2D eigenvalue weighted by molar-refractivity contribution is 6.10. The van der Waals surface area contributed by atoms with Crippen molar-refractivity contribution in [2.24, 2.45) is 0 Å². The van der Waals surface area contributed by atoms with Gasteiger partial charge in [-0.15, -0.1) is 0 Å². The van der Waals surface area contributed by atoms with E-state index in [9.17, 15) is 26.7 Å². The molecule has 0 heterocycles. The van der Waals surface area contributed by atoms with E-state index in [2.05, 4.69) is 0 Å². The van der Waals surface area contributed by atoms with Crippen LogP contribution >= 0.6 is 0 Å². The van der Waals surface area contributed by atoms with E-state index in [0.717, 1.165) is 23.4 Å². The molecule has 0 saturated heterocycles. The normalized spacial score (nSPS) is 11.2. The molecule has 0 spiro atoms. The van der Waals surface area contributed by atoms with Crippen LogP contribution in [-0.4, -0.2) is 25.0 Å². The molecule has 0 unspecified atom stereocenters. The maximum atomic E-state index is 13.9.